The minimum atomic E-state index is 0.610. The fourth-order valence-corrected chi connectivity index (χ4v) is 0.696. The van der Waals surface area contributed by atoms with Gasteiger partial charge in [0, 0.05) is 12.4 Å². The Bertz CT molecular complexity index is 183. The van der Waals surface area contributed by atoms with Crippen LogP contribution in [0.2, 0.25) is 0 Å². The minimum Gasteiger partial charge on any atom is -0.691 e. The third-order valence-electron chi connectivity index (χ3n) is 0.695. The third kappa shape index (κ3) is 2.28. The van der Waals surface area contributed by atoms with Crippen LogP contribution in [0.15, 0.2) is 23.6 Å². The van der Waals surface area contributed by atoms with Gasteiger partial charge in [-0.15, -0.1) is 0 Å². The topological polar surface area (TPSA) is 67.3 Å². The van der Waals surface area contributed by atoms with Crippen molar-refractivity contribution in [1.29, 1.82) is 0 Å². The largest absolute Gasteiger partial charge is 0.691 e. The number of hydrogen-bond acceptors (Lipinski definition) is 6. The number of hydrogen-bond donors (Lipinski definition) is 0. The van der Waals surface area contributed by atoms with E-state index < -0.39 is 0 Å². The van der Waals surface area contributed by atoms with Crippen LogP contribution in [0.3, 0.4) is 0 Å². The summed E-state index contributed by atoms with van der Waals surface area (Å²) in [7, 11) is 0. The van der Waals surface area contributed by atoms with Crippen LogP contribution >= 0.6 is 12.0 Å². The van der Waals surface area contributed by atoms with Crippen LogP contribution in [-0.4, -0.2) is 9.97 Å². The van der Waals surface area contributed by atoms with Crippen LogP contribution in [0.25, 0.3) is 0 Å². The zero-order valence-corrected chi connectivity index (χ0v) is 5.58. The molecule has 1 heterocycles. The molecule has 0 aliphatic heterocycles. The number of nitrogens with zero attached hydrogens (tertiary/aromatic N) is 2. The second-order valence-electron chi connectivity index (χ2n) is 1.29. The maximum atomic E-state index is 9.32. The van der Waals surface area contributed by atoms with Crippen molar-refractivity contribution in [2.24, 2.45) is 0 Å². The molecule has 0 aliphatic rings. The molecule has 0 N–H and O–H groups in total. The minimum absolute atomic E-state index is 0.610. The molecule has 0 atom stereocenters. The van der Waals surface area contributed by atoms with E-state index in [1.165, 1.54) is 18.7 Å². The summed E-state index contributed by atoms with van der Waals surface area (Å²) in [5, 5.41) is 12.4. The van der Waals surface area contributed by atoms with Crippen molar-refractivity contribution in [2.75, 3.05) is 0 Å². The molecule has 54 valence electrons. The second kappa shape index (κ2) is 4.18. The lowest BCUT2D eigenvalue weighted by Gasteiger charge is -2.01. The van der Waals surface area contributed by atoms with Gasteiger partial charge in [-0.25, -0.2) is 9.97 Å². The molecule has 0 aromatic carbocycles. The predicted molar refractivity (Wildman–Crippen MR) is 30.1 cm³/mol. The van der Waals surface area contributed by atoms with Gasteiger partial charge in [0.1, 0.15) is 6.33 Å². The molecule has 10 heavy (non-hydrogen) atoms. The molecule has 0 amide bonds. The van der Waals surface area contributed by atoms with Crippen LogP contribution < -0.4 is 5.26 Å². The van der Waals surface area contributed by atoms with Crippen LogP contribution in [0.1, 0.15) is 0 Å². The smallest absolute Gasteiger partial charge is 0.115 e. The van der Waals surface area contributed by atoms with Crippen molar-refractivity contribution in [3.8, 4) is 0 Å². The van der Waals surface area contributed by atoms with Gasteiger partial charge in [0.25, 0.3) is 0 Å². The van der Waals surface area contributed by atoms with Crippen LogP contribution in [0, 0.1) is 0 Å². The maximum Gasteiger partial charge on any atom is 0.115 e. The van der Waals surface area contributed by atoms with Gasteiger partial charge in [0.15, 0.2) is 0 Å². The molecular weight excluding hydrogens is 156 g/mol. The highest BCUT2D eigenvalue weighted by Crippen LogP contribution is 2.14. The first-order valence-corrected chi connectivity index (χ1v) is 3.06. The van der Waals surface area contributed by atoms with Crippen molar-refractivity contribution in [1.82, 2.24) is 9.97 Å². The average Bonchev–Trinajstić information content (AvgIpc) is 2.03. The molecule has 0 fully saturated rings. The molecule has 0 spiro atoms. The molecular formula is C4H3N2O3S-. The molecule has 6 heteroatoms. The van der Waals surface area contributed by atoms with E-state index in [1.54, 1.807) is 0 Å². The highest BCUT2D eigenvalue weighted by atomic mass is 32.2. The summed E-state index contributed by atoms with van der Waals surface area (Å²) >= 11 is 0.761. The number of rotatable bonds is 3. The van der Waals surface area contributed by atoms with Crippen molar-refractivity contribution >= 4 is 12.0 Å². The van der Waals surface area contributed by atoms with Crippen molar-refractivity contribution in [3.63, 3.8) is 0 Å². The molecule has 0 saturated carbocycles. The van der Waals surface area contributed by atoms with Gasteiger partial charge in [-0.1, -0.05) is 0 Å². The van der Waals surface area contributed by atoms with Crippen LogP contribution in [-0.2, 0) is 9.37 Å². The normalized spacial score (nSPS) is 9.70. The van der Waals surface area contributed by atoms with Gasteiger partial charge in [0.2, 0.25) is 0 Å². The molecule has 0 radical (unpaired) electrons. The first-order chi connectivity index (χ1) is 4.93. The van der Waals surface area contributed by atoms with E-state index in [4.69, 9.17) is 0 Å². The van der Waals surface area contributed by atoms with Gasteiger partial charge in [-0.05, 0) is 0 Å². The van der Waals surface area contributed by atoms with Gasteiger partial charge >= 0.3 is 0 Å². The Balaban J connectivity index is 2.43. The van der Waals surface area contributed by atoms with E-state index >= 15 is 0 Å². The Labute approximate surface area is 61.1 Å². The van der Waals surface area contributed by atoms with E-state index in [2.05, 4.69) is 19.3 Å². The van der Waals surface area contributed by atoms with Gasteiger partial charge < -0.3 is 5.26 Å². The zero-order valence-electron chi connectivity index (χ0n) is 4.76. The van der Waals surface area contributed by atoms with E-state index in [-0.39, 0.29) is 0 Å². The van der Waals surface area contributed by atoms with Gasteiger partial charge in [0.05, 0.1) is 16.9 Å². The van der Waals surface area contributed by atoms with Crippen molar-refractivity contribution < 1.29 is 14.6 Å². The molecule has 1 aromatic heterocycles. The Kier molecular flexibility index (Phi) is 3.10. The first-order valence-electron chi connectivity index (χ1n) is 2.31. The fourth-order valence-electron chi connectivity index (χ4n) is 0.382. The van der Waals surface area contributed by atoms with Crippen LogP contribution in [0.5, 0.6) is 0 Å². The van der Waals surface area contributed by atoms with Crippen LogP contribution in [0.4, 0.5) is 0 Å². The quantitative estimate of drug-likeness (QED) is 0.343. The van der Waals surface area contributed by atoms with Gasteiger partial charge in [-0.2, -0.15) is 4.33 Å². The van der Waals surface area contributed by atoms with Crippen molar-refractivity contribution in [2.45, 2.75) is 4.90 Å². The molecule has 5 nitrogen and oxygen atoms in total. The van der Waals surface area contributed by atoms with E-state index in [1.807, 2.05) is 0 Å². The highest BCUT2D eigenvalue weighted by Gasteiger charge is 1.90. The Morgan fingerprint density at radius 3 is 2.70 bits per heavy atom. The zero-order chi connectivity index (χ0) is 7.23. The lowest BCUT2D eigenvalue weighted by Crippen LogP contribution is -2.00. The van der Waals surface area contributed by atoms with E-state index in [0.29, 0.717) is 4.90 Å². The summed E-state index contributed by atoms with van der Waals surface area (Å²) in [6.07, 6.45) is 4.37. The monoisotopic (exact) mass is 159 g/mol. The summed E-state index contributed by atoms with van der Waals surface area (Å²) in [6, 6.07) is 0. The lowest BCUT2D eigenvalue weighted by atomic mass is 10.7. The maximum absolute atomic E-state index is 9.32. The third-order valence-corrected chi connectivity index (χ3v) is 1.22. The Hall–Kier alpha value is -0.690. The second-order valence-corrected chi connectivity index (χ2v) is 2.07. The predicted octanol–water partition coefficient (Wildman–Crippen LogP) is -0.293. The van der Waals surface area contributed by atoms with Crippen molar-refractivity contribution in [3.05, 3.63) is 18.7 Å². The molecule has 0 aliphatic carbocycles. The standard InChI is InChI=1S/C4H4N2O3S/c7-8-9-10-4-1-5-3-6-2-4/h1-3,7H/p-1. The SMILES string of the molecule is [O-]OOSc1cncnc1. The molecule has 0 unspecified atom stereocenters. The van der Waals surface area contributed by atoms with E-state index in [9.17, 15) is 5.26 Å². The molecule has 1 aromatic rings. The Morgan fingerprint density at radius 1 is 1.40 bits per heavy atom. The summed E-state index contributed by atoms with van der Waals surface area (Å²) in [5.74, 6) is 0. The summed E-state index contributed by atoms with van der Waals surface area (Å²) in [6.45, 7) is 0. The molecule has 0 bridgehead atoms. The first kappa shape index (κ1) is 7.42. The number of aromatic nitrogens is 2. The van der Waals surface area contributed by atoms with Gasteiger partial charge in [-0.3, -0.25) is 5.04 Å². The highest BCUT2D eigenvalue weighted by molar-refractivity contribution is 7.94. The summed E-state index contributed by atoms with van der Waals surface area (Å²) in [4.78, 5) is 7.95. The average molecular weight is 159 g/mol. The summed E-state index contributed by atoms with van der Waals surface area (Å²) < 4.78 is 4.00. The Morgan fingerprint density at radius 2 is 2.10 bits per heavy atom. The molecule has 1 rings (SSSR count). The molecule has 0 saturated heterocycles. The fraction of sp³-hybridized carbons (Fsp3) is 0. The lowest BCUT2D eigenvalue weighted by molar-refractivity contribution is -0.777. The summed E-state index contributed by atoms with van der Waals surface area (Å²) in [5.41, 5.74) is 0. The van der Waals surface area contributed by atoms with E-state index in [0.717, 1.165) is 12.0 Å².